The summed E-state index contributed by atoms with van der Waals surface area (Å²) in [6.07, 6.45) is 7.83. The summed E-state index contributed by atoms with van der Waals surface area (Å²) in [5, 5.41) is 2.52. The zero-order valence-electron chi connectivity index (χ0n) is 9.97. The monoisotopic (exact) mass is 243 g/mol. The lowest BCUT2D eigenvalue weighted by molar-refractivity contribution is -0.136. The first-order chi connectivity index (χ1) is 8.67. The Labute approximate surface area is 106 Å². The molecule has 0 saturated heterocycles. The van der Waals surface area contributed by atoms with Gasteiger partial charge in [0.05, 0.1) is 0 Å². The first-order valence-electron chi connectivity index (χ1n) is 5.28. The van der Waals surface area contributed by atoms with E-state index in [1.165, 1.54) is 6.08 Å². The summed E-state index contributed by atoms with van der Waals surface area (Å²) < 4.78 is 4.67. The quantitative estimate of drug-likeness (QED) is 0.491. The second-order valence-electron chi connectivity index (χ2n) is 3.35. The molecule has 1 N–H and O–H groups in total. The van der Waals surface area contributed by atoms with E-state index in [2.05, 4.69) is 16.0 Å². The van der Waals surface area contributed by atoms with Crippen LogP contribution in [0.5, 0.6) is 0 Å². The van der Waals surface area contributed by atoms with Gasteiger partial charge < -0.3 is 10.1 Å². The molecule has 18 heavy (non-hydrogen) atoms. The lowest BCUT2D eigenvalue weighted by Crippen LogP contribution is -2.17. The maximum atomic E-state index is 11.3. The van der Waals surface area contributed by atoms with Gasteiger partial charge in [-0.05, 0) is 23.8 Å². The van der Waals surface area contributed by atoms with Crippen LogP contribution in [-0.2, 0) is 9.53 Å². The van der Waals surface area contributed by atoms with Gasteiger partial charge in [-0.1, -0.05) is 18.1 Å². The van der Waals surface area contributed by atoms with Crippen LogP contribution in [0.15, 0.2) is 30.3 Å². The lowest BCUT2D eigenvalue weighted by Gasteiger charge is -1.99. The molecule has 0 aromatic heterocycles. The van der Waals surface area contributed by atoms with Crippen molar-refractivity contribution in [3.8, 4) is 12.3 Å². The third-order valence-corrected chi connectivity index (χ3v) is 2.11. The van der Waals surface area contributed by atoms with Crippen LogP contribution in [0.2, 0.25) is 0 Å². The molecule has 0 bridgehead atoms. The number of hydrogen-bond acceptors (Lipinski definition) is 3. The maximum Gasteiger partial charge on any atom is 0.331 e. The molecule has 4 heteroatoms. The molecule has 4 nitrogen and oxygen atoms in total. The van der Waals surface area contributed by atoms with Gasteiger partial charge in [-0.3, -0.25) is 4.79 Å². The molecule has 1 rings (SSSR count). The summed E-state index contributed by atoms with van der Waals surface area (Å²) in [6, 6.07) is 6.81. The van der Waals surface area contributed by atoms with E-state index in [0.29, 0.717) is 5.56 Å². The fourth-order valence-electron chi connectivity index (χ4n) is 1.22. The number of hydrogen-bond donors (Lipinski definition) is 1. The Morgan fingerprint density at radius 3 is 2.61 bits per heavy atom. The molecule has 0 heterocycles. The highest BCUT2D eigenvalue weighted by atomic mass is 16.5. The van der Waals surface area contributed by atoms with E-state index >= 15 is 0 Å². The highest BCUT2D eigenvalue weighted by Crippen LogP contribution is 2.06. The first kappa shape index (κ1) is 13.5. The van der Waals surface area contributed by atoms with Crippen LogP contribution < -0.4 is 5.32 Å². The predicted molar refractivity (Wildman–Crippen MR) is 68.7 cm³/mol. The molecule has 0 aliphatic heterocycles. The van der Waals surface area contributed by atoms with Crippen molar-refractivity contribution in [1.29, 1.82) is 0 Å². The van der Waals surface area contributed by atoms with Gasteiger partial charge >= 0.3 is 5.97 Å². The lowest BCUT2D eigenvalue weighted by atomic mass is 10.1. The van der Waals surface area contributed by atoms with E-state index in [9.17, 15) is 9.59 Å². The van der Waals surface area contributed by atoms with Crippen molar-refractivity contribution in [3.05, 3.63) is 41.5 Å². The number of nitrogens with one attached hydrogen (secondary N) is 1. The van der Waals surface area contributed by atoms with Gasteiger partial charge in [0, 0.05) is 18.7 Å². The molecule has 1 aromatic rings. The first-order valence-corrected chi connectivity index (χ1v) is 5.28. The smallest absolute Gasteiger partial charge is 0.331 e. The van der Waals surface area contributed by atoms with Crippen molar-refractivity contribution >= 4 is 18.0 Å². The van der Waals surface area contributed by atoms with Crippen LogP contribution in [0.1, 0.15) is 15.9 Å². The Hall–Kier alpha value is -2.54. The summed E-state index contributed by atoms with van der Waals surface area (Å²) in [5.41, 5.74) is 1.35. The highest BCUT2D eigenvalue weighted by molar-refractivity contribution is 5.94. The van der Waals surface area contributed by atoms with Crippen molar-refractivity contribution in [1.82, 2.24) is 5.32 Å². The third kappa shape index (κ3) is 4.14. The minimum absolute atomic E-state index is 0.0429. The number of esters is 1. The van der Waals surface area contributed by atoms with Crippen LogP contribution in [-0.4, -0.2) is 25.5 Å². The molecule has 0 aliphatic rings. The Bertz CT molecular complexity index is 495. The molecule has 0 aliphatic carbocycles. The summed E-state index contributed by atoms with van der Waals surface area (Å²) in [4.78, 5) is 22.4. The third-order valence-electron chi connectivity index (χ3n) is 2.11. The number of benzene rings is 1. The number of terminal acetylenes is 1. The van der Waals surface area contributed by atoms with Gasteiger partial charge in [0.25, 0.3) is 5.91 Å². The minimum atomic E-state index is -0.497. The van der Waals surface area contributed by atoms with Gasteiger partial charge in [-0.15, -0.1) is 6.42 Å². The Kier molecular flexibility index (Phi) is 5.20. The highest BCUT2D eigenvalue weighted by Gasteiger charge is 2.01. The van der Waals surface area contributed by atoms with Gasteiger partial charge in [-0.2, -0.15) is 0 Å². The summed E-state index contributed by atoms with van der Waals surface area (Å²) in [6.45, 7) is -0.0429. The van der Waals surface area contributed by atoms with E-state index in [0.717, 1.165) is 5.56 Å². The Morgan fingerprint density at radius 1 is 1.39 bits per heavy atom. The molecule has 0 spiro atoms. The zero-order valence-corrected chi connectivity index (χ0v) is 9.97. The number of carbonyl (C=O) groups excluding carboxylic acids is 2. The topological polar surface area (TPSA) is 55.4 Å². The van der Waals surface area contributed by atoms with Gasteiger partial charge in [0.2, 0.25) is 0 Å². The van der Waals surface area contributed by atoms with Crippen molar-refractivity contribution in [2.45, 2.75) is 0 Å². The van der Waals surface area contributed by atoms with E-state index in [4.69, 9.17) is 6.42 Å². The van der Waals surface area contributed by atoms with Crippen molar-refractivity contribution in [2.24, 2.45) is 0 Å². The molecule has 1 amide bonds. The van der Waals surface area contributed by atoms with E-state index in [1.807, 2.05) is 0 Å². The van der Waals surface area contributed by atoms with Crippen LogP contribution in [0.3, 0.4) is 0 Å². The van der Waals surface area contributed by atoms with Gasteiger partial charge in [0.1, 0.15) is 0 Å². The van der Waals surface area contributed by atoms with Crippen LogP contribution in [0, 0.1) is 12.3 Å². The normalized spacial score (nSPS) is 9.78. The molecule has 0 saturated carbocycles. The molecular formula is C14H13NO3. The van der Waals surface area contributed by atoms with Crippen molar-refractivity contribution in [3.63, 3.8) is 0 Å². The molecule has 92 valence electrons. The minimum Gasteiger partial charge on any atom is -0.449 e. The van der Waals surface area contributed by atoms with Crippen LogP contribution >= 0.6 is 0 Å². The number of rotatable bonds is 4. The predicted octanol–water partition coefficient (Wildman–Crippen LogP) is 1.24. The molecule has 0 fully saturated rings. The fourth-order valence-corrected chi connectivity index (χ4v) is 1.22. The maximum absolute atomic E-state index is 11.3. The summed E-state index contributed by atoms with van der Waals surface area (Å²) in [7, 11) is 1.57. The van der Waals surface area contributed by atoms with Crippen molar-refractivity contribution in [2.75, 3.05) is 13.7 Å². The van der Waals surface area contributed by atoms with Gasteiger partial charge in [-0.25, -0.2) is 4.79 Å². The molecule has 0 radical (unpaired) electrons. The van der Waals surface area contributed by atoms with Crippen LogP contribution in [0.4, 0.5) is 0 Å². The second kappa shape index (κ2) is 6.92. The number of ether oxygens (including phenoxy) is 1. The Morgan fingerprint density at radius 2 is 2.06 bits per heavy atom. The average molecular weight is 243 g/mol. The largest absolute Gasteiger partial charge is 0.449 e. The molecule has 0 unspecified atom stereocenters. The second-order valence-corrected chi connectivity index (χ2v) is 3.35. The molecule has 1 aromatic carbocycles. The van der Waals surface area contributed by atoms with Crippen LogP contribution in [0.25, 0.3) is 6.08 Å². The van der Waals surface area contributed by atoms with E-state index < -0.39 is 5.97 Å². The average Bonchev–Trinajstić information content (AvgIpc) is 2.42. The summed E-state index contributed by atoms with van der Waals surface area (Å²) in [5.74, 6) is 1.55. The SMILES string of the molecule is C#CCOC(=O)/C=C/c1ccc(C(=O)NC)cc1. The van der Waals surface area contributed by atoms with Gasteiger partial charge in [0.15, 0.2) is 6.61 Å². The van der Waals surface area contributed by atoms with E-state index in [-0.39, 0.29) is 12.5 Å². The zero-order chi connectivity index (χ0) is 13.4. The molecule has 0 atom stereocenters. The Balaban J connectivity index is 2.64. The number of amides is 1. The summed E-state index contributed by atoms with van der Waals surface area (Å²) >= 11 is 0. The standard InChI is InChI=1S/C14H13NO3/c1-3-10-18-13(16)9-6-11-4-7-12(8-5-11)14(17)15-2/h1,4-9H,10H2,2H3,(H,15,17)/b9-6+. The molecular weight excluding hydrogens is 230 g/mol. The van der Waals surface area contributed by atoms with Crippen molar-refractivity contribution < 1.29 is 14.3 Å². The fraction of sp³-hybridized carbons (Fsp3) is 0.143. The number of carbonyl (C=O) groups is 2. The van der Waals surface area contributed by atoms with E-state index in [1.54, 1.807) is 37.4 Å².